The van der Waals surface area contributed by atoms with Crippen molar-refractivity contribution in [3.63, 3.8) is 0 Å². The van der Waals surface area contributed by atoms with Gasteiger partial charge in [-0.05, 0) is 43.9 Å². The van der Waals surface area contributed by atoms with Gasteiger partial charge in [-0.3, -0.25) is 0 Å². The first-order valence-corrected chi connectivity index (χ1v) is 12.0. The summed E-state index contributed by atoms with van der Waals surface area (Å²) >= 11 is 0. The van der Waals surface area contributed by atoms with Gasteiger partial charge < -0.3 is 33.2 Å². The Hall–Kier alpha value is -3.55. The van der Waals surface area contributed by atoms with Gasteiger partial charge in [0.25, 0.3) is 0 Å². The van der Waals surface area contributed by atoms with E-state index < -0.39 is 6.10 Å². The van der Waals surface area contributed by atoms with Crippen molar-refractivity contribution in [2.75, 3.05) is 35.2 Å². The predicted octanol–water partition coefficient (Wildman–Crippen LogP) is 5.50. The van der Waals surface area contributed by atoms with Gasteiger partial charge in [0.15, 0.2) is 23.0 Å². The second-order valence-corrected chi connectivity index (χ2v) is 9.13. The fraction of sp³-hybridized carbons (Fsp3) is 0.464. The molecule has 0 radical (unpaired) electrons. The summed E-state index contributed by atoms with van der Waals surface area (Å²) in [6.07, 6.45) is 1.85. The van der Waals surface area contributed by atoms with Crippen molar-refractivity contribution in [1.29, 1.82) is 0 Å². The van der Waals surface area contributed by atoms with E-state index in [1.165, 1.54) is 0 Å². The number of hydrogen-bond donors (Lipinski definition) is 0. The lowest BCUT2D eigenvalue weighted by atomic mass is 9.75. The van der Waals surface area contributed by atoms with E-state index in [4.69, 9.17) is 33.2 Å². The molecule has 0 saturated heterocycles. The number of allylic oxidation sites excluding steroid dienone is 1. The number of hydrogen-bond acceptors (Lipinski definition) is 8. The summed E-state index contributed by atoms with van der Waals surface area (Å²) in [6.45, 7) is 7.91. The smallest absolute Gasteiger partial charge is 0.333 e. The maximum absolute atomic E-state index is 13.0. The maximum Gasteiger partial charge on any atom is 0.333 e. The van der Waals surface area contributed by atoms with E-state index in [-0.39, 0.29) is 24.6 Å². The maximum atomic E-state index is 13.0. The Bertz CT molecular complexity index is 1200. The molecule has 1 heterocycles. The Morgan fingerprint density at radius 1 is 0.944 bits per heavy atom. The van der Waals surface area contributed by atoms with Crippen LogP contribution in [-0.2, 0) is 16.0 Å². The van der Waals surface area contributed by atoms with Crippen LogP contribution >= 0.6 is 0 Å². The van der Waals surface area contributed by atoms with Gasteiger partial charge in [-0.15, -0.1) is 0 Å². The molecule has 2 aliphatic rings. The van der Waals surface area contributed by atoms with Crippen LogP contribution in [0.1, 0.15) is 44.9 Å². The number of carbonyl (C=O) groups is 1. The summed E-state index contributed by atoms with van der Waals surface area (Å²) in [5.74, 6) is 2.78. The van der Waals surface area contributed by atoms with Gasteiger partial charge in [-0.2, -0.15) is 0 Å². The lowest BCUT2D eigenvalue weighted by molar-refractivity contribution is -0.148. The summed E-state index contributed by atoms with van der Waals surface area (Å²) < 4.78 is 41.0. The number of rotatable bonds is 6. The van der Waals surface area contributed by atoms with Crippen molar-refractivity contribution >= 4 is 5.97 Å². The lowest BCUT2D eigenvalue weighted by Gasteiger charge is -2.35. The van der Waals surface area contributed by atoms with Crippen LogP contribution in [0.4, 0.5) is 0 Å². The standard InChI is InChI=1S/C28H34O8/c1-9-14(2)28(29)36-23-16(4)15(3)10-17-11-20-25(35-13-34-20)26(32-7)21(17)22-18(23)12-19(30-5)24(31-6)27(22)33-8/h9,11-12,15-16,23H,10,13H2,1-8H3/b14-9-/t15?,16-,23?/m0/s1. The average molecular weight is 499 g/mol. The van der Waals surface area contributed by atoms with Gasteiger partial charge in [-0.1, -0.05) is 19.9 Å². The van der Waals surface area contributed by atoms with Crippen molar-refractivity contribution in [3.05, 3.63) is 34.9 Å². The topological polar surface area (TPSA) is 81.7 Å². The van der Waals surface area contributed by atoms with Crippen molar-refractivity contribution in [1.82, 2.24) is 0 Å². The molecule has 0 aromatic heterocycles. The van der Waals surface area contributed by atoms with Crippen LogP contribution in [0.25, 0.3) is 11.1 Å². The molecule has 0 N–H and O–H groups in total. The number of esters is 1. The number of carbonyl (C=O) groups excluding carboxylic acids is 1. The molecule has 194 valence electrons. The largest absolute Gasteiger partial charge is 0.493 e. The summed E-state index contributed by atoms with van der Waals surface area (Å²) in [6, 6.07) is 3.86. The third-order valence-corrected chi connectivity index (χ3v) is 7.23. The zero-order chi connectivity index (χ0) is 26.1. The highest BCUT2D eigenvalue weighted by atomic mass is 16.7. The van der Waals surface area contributed by atoms with E-state index >= 15 is 0 Å². The van der Waals surface area contributed by atoms with Gasteiger partial charge in [-0.25, -0.2) is 4.79 Å². The first kappa shape index (κ1) is 25.5. The van der Waals surface area contributed by atoms with Crippen LogP contribution in [-0.4, -0.2) is 41.2 Å². The second-order valence-electron chi connectivity index (χ2n) is 9.13. The van der Waals surface area contributed by atoms with Crippen molar-refractivity contribution in [2.24, 2.45) is 11.8 Å². The molecule has 2 aromatic carbocycles. The molecule has 1 aliphatic carbocycles. The highest BCUT2D eigenvalue weighted by Gasteiger charge is 2.39. The molecule has 0 bridgehead atoms. The fourth-order valence-corrected chi connectivity index (χ4v) is 4.96. The van der Waals surface area contributed by atoms with E-state index in [9.17, 15) is 4.79 Å². The normalized spacial score (nSPS) is 20.4. The molecule has 2 aromatic rings. The Kier molecular flexibility index (Phi) is 7.24. The summed E-state index contributed by atoms with van der Waals surface area (Å²) in [5.41, 5.74) is 3.77. The van der Waals surface area contributed by atoms with Gasteiger partial charge in [0, 0.05) is 28.2 Å². The van der Waals surface area contributed by atoms with Crippen molar-refractivity contribution < 1.29 is 38.0 Å². The molecule has 2 unspecified atom stereocenters. The Morgan fingerprint density at radius 3 is 2.25 bits per heavy atom. The molecule has 3 atom stereocenters. The summed E-state index contributed by atoms with van der Waals surface area (Å²) in [4.78, 5) is 13.0. The van der Waals surface area contributed by atoms with E-state index in [2.05, 4.69) is 13.8 Å². The molecule has 1 aliphatic heterocycles. The number of methoxy groups -OCH3 is 4. The van der Waals surface area contributed by atoms with Gasteiger partial charge in [0.2, 0.25) is 18.3 Å². The Morgan fingerprint density at radius 2 is 1.64 bits per heavy atom. The first-order chi connectivity index (χ1) is 17.3. The molecule has 4 rings (SSSR count). The number of fused-ring (bicyclic) bond motifs is 4. The zero-order valence-corrected chi connectivity index (χ0v) is 22.1. The van der Waals surface area contributed by atoms with Gasteiger partial charge >= 0.3 is 5.97 Å². The fourth-order valence-electron chi connectivity index (χ4n) is 4.96. The van der Waals surface area contributed by atoms with Crippen LogP contribution in [0.5, 0.6) is 34.5 Å². The highest BCUT2D eigenvalue weighted by Crippen LogP contribution is 2.58. The molecule has 36 heavy (non-hydrogen) atoms. The minimum absolute atomic E-state index is 0.0373. The van der Waals surface area contributed by atoms with Crippen LogP contribution in [0.3, 0.4) is 0 Å². The van der Waals surface area contributed by atoms with Crippen LogP contribution in [0, 0.1) is 11.8 Å². The number of ether oxygens (including phenoxy) is 7. The van der Waals surface area contributed by atoms with Crippen LogP contribution in [0.15, 0.2) is 23.8 Å². The van der Waals surface area contributed by atoms with Crippen molar-refractivity contribution in [3.8, 4) is 45.6 Å². The van der Waals surface area contributed by atoms with E-state index in [0.717, 1.165) is 16.7 Å². The molecule has 0 saturated carbocycles. The van der Waals surface area contributed by atoms with E-state index in [1.54, 1.807) is 41.4 Å². The van der Waals surface area contributed by atoms with Crippen LogP contribution < -0.4 is 28.4 Å². The average Bonchev–Trinajstić information content (AvgIpc) is 3.36. The molecule has 0 fully saturated rings. The minimum atomic E-state index is -0.589. The summed E-state index contributed by atoms with van der Waals surface area (Å²) in [7, 11) is 6.30. The van der Waals surface area contributed by atoms with E-state index in [0.29, 0.717) is 52.1 Å². The SMILES string of the molecule is C/C=C(/C)C(=O)OC1c2cc(OC)c(OC)c(OC)c2-c2c(cc3c(c2OC)OCO3)CC(C)[C@@H]1C. The Labute approximate surface area is 212 Å². The first-order valence-electron chi connectivity index (χ1n) is 12.0. The zero-order valence-electron chi connectivity index (χ0n) is 22.1. The molecule has 0 spiro atoms. The lowest BCUT2D eigenvalue weighted by Crippen LogP contribution is -2.27. The Balaban J connectivity index is 2.13. The third-order valence-electron chi connectivity index (χ3n) is 7.23. The van der Waals surface area contributed by atoms with E-state index in [1.807, 2.05) is 19.1 Å². The summed E-state index contributed by atoms with van der Waals surface area (Å²) in [5, 5.41) is 0. The van der Waals surface area contributed by atoms with Gasteiger partial charge in [0.1, 0.15) is 6.10 Å². The second kappa shape index (κ2) is 10.2. The third kappa shape index (κ3) is 4.08. The monoisotopic (exact) mass is 498 g/mol. The molecular formula is C28H34O8. The van der Waals surface area contributed by atoms with Gasteiger partial charge in [0.05, 0.1) is 28.4 Å². The highest BCUT2D eigenvalue weighted by molar-refractivity contribution is 5.90. The predicted molar refractivity (Wildman–Crippen MR) is 135 cm³/mol. The quantitative estimate of drug-likeness (QED) is 0.382. The molecule has 8 heteroatoms. The molecular weight excluding hydrogens is 464 g/mol. The minimum Gasteiger partial charge on any atom is -0.493 e. The van der Waals surface area contributed by atoms with Crippen molar-refractivity contribution in [2.45, 2.75) is 40.2 Å². The molecule has 8 nitrogen and oxygen atoms in total. The van der Waals surface area contributed by atoms with Crippen LogP contribution in [0.2, 0.25) is 0 Å². The number of benzene rings is 2. The molecule has 0 amide bonds.